The molecular weight excluding hydrogens is 222 g/mol. The largest absolute Gasteiger partial charge is 0.361 e. The third-order valence-electron chi connectivity index (χ3n) is 2.84. The van der Waals surface area contributed by atoms with E-state index in [4.69, 9.17) is 17.3 Å². The Morgan fingerprint density at radius 1 is 1.50 bits per heavy atom. The van der Waals surface area contributed by atoms with Crippen LogP contribution in [0.2, 0.25) is 5.02 Å². The van der Waals surface area contributed by atoms with Crippen molar-refractivity contribution < 1.29 is 0 Å². The second kappa shape index (κ2) is 3.82. The Bertz CT molecular complexity index is 401. The van der Waals surface area contributed by atoms with E-state index in [1.807, 2.05) is 25.1 Å². The molecule has 1 aromatic carbocycles. The normalized spacial score (nSPS) is 19.2. The van der Waals surface area contributed by atoms with Gasteiger partial charge in [-0.2, -0.15) is 0 Å². The molecule has 0 fully saturated rings. The Balaban J connectivity index is 2.38. The number of rotatable bonds is 2. The van der Waals surface area contributed by atoms with Crippen LogP contribution in [-0.4, -0.2) is 18.2 Å². The lowest BCUT2D eigenvalue weighted by atomic mass is 10.2. The molecule has 0 saturated heterocycles. The molecule has 2 rings (SSSR count). The highest BCUT2D eigenvalue weighted by Crippen LogP contribution is 2.40. The van der Waals surface area contributed by atoms with Crippen LogP contribution in [0.1, 0.15) is 20.8 Å². The van der Waals surface area contributed by atoms with E-state index in [9.17, 15) is 0 Å². The van der Waals surface area contributed by atoms with Gasteiger partial charge in [0, 0.05) is 17.6 Å². The van der Waals surface area contributed by atoms with Gasteiger partial charge in [0.1, 0.15) is 5.66 Å². The molecular formula is C12H18ClN3. The Hall–Kier alpha value is -0.930. The second-order valence-electron chi connectivity index (χ2n) is 4.93. The van der Waals surface area contributed by atoms with Gasteiger partial charge in [-0.25, -0.2) is 0 Å². The van der Waals surface area contributed by atoms with Crippen molar-refractivity contribution in [3.05, 3.63) is 23.2 Å². The van der Waals surface area contributed by atoms with E-state index in [0.29, 0.717) is 0 Å². The van der Waals surface area contributed by atoms with E-state index >= 15 is 0 Å². The van der Waals surface area contributed by atoms with Gasteiger partial charge in [0.15, 0.2) is 0 Å². The third kappa shape index (κ3) is 1.97. The number of nitrogens with one attached hydrogen (secondary N) is 1. The quantitative estimate of drug-likeness (QED) is 0.834. The van der Waals surface area contributed by atoms with Gasteiger partial charge in [-0.1, -0.05) is 11.6 Å². The first-order valence-electron chi connectivity index (χ1n) is 5.51. The van der Waals surface area contributed by atoms with Crippen molar-refractivity contribution in [2.45, 2.75) is 32.5 Å². The molecule has 1 aromatic rings. The Labute approximate surface area is 102 Å². The molecule has 3 nitrogen and oxygen atoms in total. The van der Waals surface area contributed by atoms with Gasteiger partial charge in [0.05, 0.1) is 11.4 Å². The fourth-order valence-electron chi connectivity index (χ4n) is 2.16. The summed E-state index contributed by atoms with van der Waals surface area (Å²) in [5.41, 5.74) is 8.03. The van der Waals surface area contributed by atoms with Crippen molar-refractivity contribution in [2.75, 3.05) is 16.8 Å². The van der Waals surface area contributed by atoms with Gasteiger partial charge in [-0.3, -0.25) is 0 Å². The van der Waals surface area contributed by atoms with Gasteiger partial charge in [0.2, 0.25) is 0 Å². The van der Waals surface area contributed by atoms with E-state index in [1.165, 1.54) is 5.69 Å². The van der Waals surface area contributed by atoms with Crippen molar-refractivity contribution in [1.82, 2.24) is 0 Å². The molecule has 1 heterocycles. The lowest BCUT2D eigenvalue weighted by Gasteiger charge is -2.35. The zero-order valence-corrected chi connectivity index (χ0v) is 10.7. The Kier molecular flexibility index (Phi) is 2.76. The highest BCUT2D eigenvalue weighted by atomic mass is 35.5. The maximum absolute atomic E-state index is 5.99. The smallest absolute Gasteiger partial charge is 0.105 e. The van der Waals surface area contributed by atoms with E-state index in [0.717, 1.165) is 17.3 Å². The summed E-state index contributed by atoms with van der Waals surface area (Å²) in [4.78, 5) is 2.28. The summed E-state index contributed by atoms with van der Waals surface area (Å²) in [7, 11) is 0. The minimum atomic E-state index is -0.110. The van der Waals surface area contributed by atoms with E-state index < -0.39 is 0 Å². The lowest BCUT2D eigenvalue weighted by Crippen LogP contribution is -2.49. The molecule has 1 atom stereocenters. The van der Waals surface area contributed by atoms with Gasteiger partial charge in [0.25, 0.3) is 0 Å². The Morgan fingerprint density at radius 3 is 2.81 bits per heavy atom. The number of nitrogens with two attached hydrogens (primary N) is 1. The number of hydrogen-bond acceptors (Lipinski definition) is 3. The second-order valence-corrected chi connectivity index (χ2v) is 5.37. The molecule has 0 bridgehead atoms. The van der Waals surface area contributed by atoms with Crippen LogP contribution in [0.25, 0.3) is 0 Å². The molecule has 0 radical (unpaired) electrons. The molecule has 1 aliphatic rings. The van der Waals surface area contributed by atoms with Gasteiger partial charge in [-0.15, -0.1) is 0 Å². The number of anilines is 2. The average molecular weight is 240 g/mol. The summed E-state index contributed by atoms with van der Waals surface area (Å²) in [5.74, 6) is 0. The van der Waals surface area contributed by atoms with E-state index in [2.05, 4.69) is 24.1 Å². The predicted octanol–water partition coefficient (Wildman–Crippen LogP) is 2.66. The zero-order chi connectivity index (χ0) is 11.9. The number of hydrogen-bond donors (Lipinski definition) is 2. The molecule has 88 valence electrons. The first-order valence-corrected chi connectivity index (χ1v) is 5.89. The van der Waals surface area contributed by atoms with Crippen LogP contribution in [0, 0.1) is 0 Å². The minimum Gasteiger partial charge on any atom is -0.361 e. The number of halogens is 1. The van der Waals surface area contributed by atoms with E-state index in [-0.39, 0.29) is 11.7 Å². The van der Waals surface area contributed by atoms with Crippen molar-refractivity contribution in [1.29, 1.82) is 0 Å². The standard InChI is InChI=1S/C12H18ClN3/c1-8(14)7-16-11-5-4-9(13)6-10(11)15-12(16,2)3/h4-6,8,15H,7,14H2,1-3H3. The number of fused-ring (bicyclic) bond motifs is 1. The maximum atomic E-state index is 5.99. The van der Waals surface area contributed by atoms with Crippen molar-refractivity contribution in [3.8, 4) is 0 Å². The fraction of sp³-hybridized carbons (Fsp3) is 0.500. The van der Waals surface area contributed by atoms with E-state index in [1.54, 1.807) is 0 Å². The summed E-state index contributed by atoms with van der Waals surface area (Å²) >= 11 is 5.99. The minimum absolute atomic E-state index is 0.110. The van der Waals surface area contributed by atoms with Crippen molar-refractivity contribution >= 4 is 23.0 Å². The first-order chi connectivity index (χ1) is 7.40. The SMILES string of the molecule is CC(N)CN1c2ccc(Cl)cc2NC1(C)C. The average Bonchev–Trinajstić information content (AvgIpc) is 2.36. The lowest BCUT2D eigenvalue weighted by molar-refractivity contribution is 0.517. The van der Waals surface area contributed by atoms with Crippen LogP contribution in [0.3, 0.4) is 0 Å². The van der Waals surface area contributed by atoms with Crippen LogP contribution >= 0.6 is 11.6 Å². The molecule has 0 amide bonds. The summed E-state index contributed by atoms with van der Waals surface area (Å²) in [6.45, 7) is 7.13. The van der Waals surface area contributed by atoms with Crippen LogP contribution in [0.4, 0.5) is 11.4 Å². The van der Waals surface area contributed by atoms with Gasteiger partial charge < -0.3 is 16.0 Å². The van der Waals surface area contributed by atoms with Crippen LogP contribution in [-0.2, 0) is 0 Å². The Morgan fingerprint density at radius 2 is 2.19 bits per heavy atom. The molecule has 1 unspecified atom stereocenters. The molecule has 0 saturated carbocycles. The topological polar surface area (TPSA) is 41.3 Å². The fourth-order valence-corrected chi connectivity index (χ4v) is 2.33. The highest BCUT2D eigenvalue weighted by Gasteiger charge is 2.35. The molecule has 1 aliphatic heterocycles. The number of nitrogens with zero attached hydrogens (tertiary/aromatic N) is 1. The van der Waals surface area contributed by atoms with Gasteiger partial charge in [-0.05, 0) is 39.0 Å². The summed E-state index contributed by atoms with van der Waals surface area (Å²) < 4.78 is 0. The maximum Gasteiger partial charge on any atom is 0.105 e. The molecule has 0 spiro atoms. The highest BCUT2D eigenvalue weighted by molar-refractivity contribution is 6.31. The monoisotopic (exact) mass is 239 g/mol. The summed E-state index contributed by atoms with van der Waals surface area (Å²) in [5, 5.41) is 4.21. The third-order valence-corrected chi connectivity index (χ3v) is 3.07. The van der Waals surface area contributed by atoms with Crippen molar-refractivity contribution in [3.63, 3.8) is 0 Å². The van der Waals surface area contributed by atoms with Crippen LogP contribution in [0.15, 0.2) is 18.2 Å². The predicted molar refractivity (Wildman–Crippen MR) is 70.1 cm³/mol. The molecule has 0 aliphatic carbocycles. The summed E-state index contributed by atoms with van der Waals surface area (Å²) in [6.07, 6.45) is 0. The first kappa shape index (κ1) is 11.6. The summed E-state index contributed by atoms with van der Waals surface area (Å²) in [6, 6.07) is 6.06. The van der Waals surface area contributed by atoms with Gasteiger partial charge >= 0.3 is 0 Å². The van der Waals surface area contributed by atoms with Crippen LogP contribution < -0.4 is 16.0 Å². The zero-order valence-electron chi connectivity index (χ0n) is 9.92. The molecule has 16 heavy (non-hydrogen) atoms. The van der Waals surface area contributed by atoms with Crippen LogP contribution in [0.5, 0.6) is 0 Å². The molecule has 3 N–H and O–H groups in total. The number of benzene rings is 1. The van der Waals surface area contributed by atoms with Crippen molar-refractivity contribution in [2.24, 2.45) is 5.73 Å². The molecule has 4 heteroatoms. The molecule has 0 aromatic heterocycles.